The summed E-state index contributed by atoms with van der Waals surface area (Å²) >= 11 is 0. The molecule has 2 fully saturated rings. The molecule has 4 aliphatic rings. The zero-order chi connectivity index (χ0) is 21.5. The van der Waals surface area contributed by atoms with Gasteiger partial charge in [-0.15, -0.1) is 0 Å². The van der Waals surface area contributed by atoms with Crippen molar-refractivity contribution >= 4 is 17.8 Å². The molecule has 3 unspecified atom stereocenters. The molecule has 1 N–H and O–H groups in total. The number of rotatable bonds is 5. The number of unbranched alkanes of at least 4 members (excludes halogenated alkanes) is 1. The van der Waals surface area contributed by atoms with Crippen molar-refractivity contribution in [3.63, 3.8) is 0 Å². The second kappa shape index (κ2) is 8.15. The third-order valence-electron chi connectivity index (χ3n) is 6.66. The van der Waals surface area contributed by atoms with Gasteiger partial charge >= 0.3 is 5.97 Å². The summed E-state index contributed by atoms with van der Waals surface area (Å²) in [6.45, 7) is 4.75. The molecule has 4 aliphatic heterocycles. The summed E-state index contributed by atoms with van der Waals surface area (Å²) in [6.07, 6.45) is 9.15. The minimum Gasteiger partial charge on any atom is -0.465 e. The van der Waals surface area contributed by atoms with Gasteiger partial charge in [-0.25, -0.2) is 0 Å². The van der Waals surface area contributed by atoms with Crippen LogP contribution in [0, 0.1) is 11.8 Å². The van der Waals surface area contributed by atoms with E-state index in [4.69, 9.17) is 9.47 Å². The lowest BCUT2D eigenvalue weighted by atomic mass is 9.77. The van der Waals surface area contributed by atoms with Gasteiger partial charge in [0.25, 0.3) is 0 Å². The SMILES string of the molecule is CCCCN1CC=CC23O[C@@H]4C=CCCOC(=O)C4[C@H]2C(=O)N(C(C)CO)[C@@H]3C1=O. The van der Waals surface area contributed by atoms with Crippen LogP contribution in [-0.2, 0) is 23.9 Å². The topological polar surface area (TPSA) is 96.4 Å². The fraction of sp³-hybridized carbons (Fsp3) is 0.682. The van der Waals surface area contributed by atoms with E-state index in [0.717, 1.165) is 12.8 Å². The Morgan fingerprint density at radius 2 is 2.07 bits per heavy atom. The second-order valence-electron chi connectivity index (χ2n) is 8.54. The Labute approximate surface area is 176 Å². The van der Waals surface area contributed by atoms with Gasteiger partial charge in [-0.1, -0.05) is 37.6 Å². The predicted molar refractivity (Wildman–Crippen MR) is 107 cm³/mol. The summed E-state index contributed by atoms with van der Waals surface area (Å²) in [5.74, 6) is -2.67. The maximum atomic E-state index is 13.7. The van der Waals surface area contributed by atoms with Gasteiger partial charge in [-0.2, -0.15) is 0 Å². The van der Waals surface area contributed by atoms with Crippen LogP contribution in [0.5, 0.6) is 0 Å². The van der Waals surface area contributed by atoms with E-state index in [1.165, 1.54) is 4.90 Å². The largest absolute Gasteiger partial charge is 0.465 e. The van der Waals surface area contributed by atoms with Crippen molar-refractivity contribution in [1.82, 2.24) is 9.80 Å². The number of aliphatic hydroxyl groups is 1. The number of fused-ring (bicyclic) bond motifs is 2. The molecule has 0 bridgehead atoms. The molecule has 1 spiro atoms. The van der Waals surface area contributed by atoms with Crippen LogP contribution in [0.4, 0.5) is 0 Å². The first kappa shape index (κ1) is 21.1. The molecule has 4 rings (SSSR count). The van der Waals surface area contributed by atoms with Crippen molar-refractivity contribution in [2.45, 2.75) is 56.9 Å². The van der Waals surface area contributed by atoms with E-state index in [0.29, 0.717) is 19.5 Å². The highest BCUT2D eigenvalue weighted by Crippen LogP contribution is 2.53. The van der Waals surface area contributed by atoms with E-state index < -0.39 is 41.6 Å². The normalized spacial score (nSPS) is 36.6. The summed E-state index contributed by atoms with van der Waals surface area (Å²) in [5.41, 5.74) is -1.25. The molecule has 0 radical (unpaired) electrons. The molecule has 6 atom stereocenters. The van der Waals surface area contributed by atoms with Gasteiger partial charge in [0, 0.05) is 13.1 Å². The molecule has 2 saturated heterocycles. The van der Waals surface area contributed by atoms with Crippen molar-refractivity contribution in [2.75, 3.05) is 26.3 Å². The van der Waals surface area contributed by atoms with Gasteiger partial charge in [-0.05, 0) is 19.8 Å². The minimum atomic E-state index is -1.25. The van der Waals surface area contributed by atoms with E-state index in [9.17, 15) is 19.5 Å². The molecular formula is C22H30N2O6. The zero-order valence-corrected chi connectivity index (χ0v) is 17.5. The van der Waals surface area contributed by atoms with Gasteiger partial charge in [0.2, 0.25) is 11.8 Å². The summed E-state index contributed by atoms with van der Waals surface area (Å²) in [5, 5.41) is 9.81. The highest BCUT2D eigenvalue weighted by molar-refractivity contribution is 5.99. The predicted octanol–water partition coefficient (Wildman–Crippen LogP) is 0.650. The van der Waals surface area contributed by atoms with E-state index in [2.05, 4.69) is 6.92 Å². The summed E-state index contributed by atoms with van der Waals surface area (Å²) in [6, 6.07) is -1.49. The van der Waals surface area contributed by atoms with Gasteiger partial charge in [0.05, 0.1) is 31.3 Å². The number of esters is 1. The number of amides is 2. The summed E-state index contributed by atoms with van der Waals surface area (Å²) < 4.78 is 11.8. The molecule has 0 aromatic heterocycles. The number of nitrogens with zero attached hydrogens (tertiary/aromatic N) is 2. The van der Waals surface area contributed by atoms with Crippen LogP contribution < -0.4 is 0 Å². The van der Waals surface area contributed by atoms with Crippen molar-refractivity contribution < 1.29 is 29.0 Å². The molecule has 8 nitrogen and oxygen atoms in total. The van der Waals surface area contributed by atoms with Crippen molar-refractivity contribution in [3.8, 4) is 0 Å². The lowest BCUT2D eigenvalue weighted by Gasteiger charge is -2.37. The molecule has 164 valence electrons. The van der Waals surface area contributed by atoms with Crippen LogP contribution in [0.1, 0.15) is 33.1 Å². The maximum absolute atomic E-state index is 13.7. The van der Waals surface area contributed by atoms with Crippen LogP contribution in [0.2, 0.25) is 0 Å². The van der Waals surface area contributed by atoms with E-state index in [-0.39, 0.29) is 25.0 Å². The van der Waals surface area contributed by atoms with Gasteiger partial charge in [0.15, 0.2) is 0 Å². The first-order valence-electron chi connectivity index (χ1n) is 10.9. The minimum absolute atomic E-state index is 0.198. The number of carbonyl (C=O) groups is 3. The second-order valence-corrected chi connectivity index (χ2v) is 8.54. The quantitative estimate of drug-likeness (QED) is 0.520. The van der Waals surface area contributed by atoms with Crippen LogP contribution >= 0.6 is 0 Å². The fourth-order valence-corrected chi connectivity index (χ4v) is 5.21. The van der Waals surface area contributed by atoms with Crippen LogP contribution in [0.3, 0.4) is 0 Å². The Balaban J connectivity index is 1.81. The molecule has 0 saturated carbocycles. The first-order valence-corrected chi connectivity index (χ1v) is 10.9. The maximum Gasteiger partial charge on any atom is 0.312 e. The highest BCUT2D eigenvalue weighted by Gasteiger charge is 2.72. The molecule has 30 heavy (non-hydrogen) atoms. The van der Waals surface area contributed by atoms with Crippen LogP contribution in [0.15, 0.2) is 24.3 Å². The molecule has 4 heterocycles. The molecule has 0 aliphatic carbocycles. The lowest BCUT2D eigenvalue weighted by molar-refractivity contribution is -0.156. The monoisotopic (exact) mass is 418 g/mol. The molecule has 0 aromatic rings. The fourth-order valence-electron chi connectivity index (χ4n) is 5.21. The average Bonchev–Trinajstić information content (AvgIpc) is 3.11. The van der Waals surface area contributed by atoms with Crippen molar-refractivity contribution in [3.05, 3.63) is 24.3 Å². The summed E-state index contributed by atoms with van der Waals surface area (Å²) in [4.78, 5) is 43.3. The van der Waals surface area contributed by atoms with E-state index in [1.54, 1.807) is 17.9 Å². The summed E-state index contributed by atoms with van der Waals surface area (Å²) in [7, 11) is 0. The number of cyclic esters (lactones) is 1. The highest BCUT2D eigenvalue weighted by atomic mass is 16.6. The molecule has 0 aromatic carbocycles. The number of hydrogen-bond donors (Lipinski definition) is 1. The number of likely N-dealkylation sites (tertiary alicyclic amines) is 1. The third-order valence-corrected chi connectivity index (χ3v) is 6.66. The van der Waals surface area contributed by atoms with Gasteiger partial charge in [0.1, 0.15) is 17.6 Å². The first-order chi connectivity index (χ1) is 14.5. The van der Waals surface area contributed by atoms with E-state index in [1.807, 2.05) is 18.2 Å². The van der Waals surface area contributed by atoms with Crippen molar-refractivity contribution in [2.24, 2.45) is 11.8 Å². The number of aliphatic hydroxyl groups excluding tert-OH is 1. The van der Waals surface area contributed by atoms with Crippen molar-refractivity contribution in [1.29, 1.82) is 0 Å². The van der Waals surface area contributed by atoms with Crippen LogP contribution in [-0.4, -0.2) is 82.8 Å². The number of carbonyl (C=O) groups excluding carboxylic acids is 3. The molecule has 2 amide bonds. The van der Waals surface area contributed by atoms with E-state index >= 15 is 0 Å². The number of ether oxygens (including phenoxy) is 2. The Morgan fingerprint density at radius 3 is 2.80 bits per heavy atom. The molecular weight excluding hydrogens is 388 g/mol. The zero-order valence-electron chi connectivity index (χ0n) is 17.5. The van der Waals surface area contributed by atoms with Gasteiger partial charge < -0.3 is 24.4 Å². The Bertz CT molecular complexity index is 780. The number of hydrogen-bond acceptors (Lipinski definition) is 6. The average molecular weight is 418 g/mol. The third kappa shape index (κ3) is 3.08. The Kier molecular flexibility index (Phi) is 5.72. The van der Waals surface area contributed by atoms with Crippen LogP contribution in [0.25, 0.3) is 0 Å². The lowest BCUT2D eigenvalue weighted by Crippen LogP contribution is -2.57. The molecule has 8 heteroatoms. The van der Waals surface area contributed by atoms with Gasteiger partial charge in [-0.3, -0.25) is 14.4 Å². The smallest absolute Gasteiger partial charge is 0.312 e. The Hall–Kier alpha value is -2.19. The standard InChI is InChI=1S/C22H30N2O6/c1-3-4-10-23-11-7-9-22-17(16-15(30-22)8-5-6-12-29-21(16)28)19(26)24(14(2)13-25)18(22)20(23)27/h5,7-9,14-18,25H,3-4,6,10-13H2,1-2H3/t14?,15-,16?,17+,18-,22?/m1/s1. The Morgan fingerprint density at radius 1 is 1.27 bits per heavy atom.